The van der Waals surface area contributed by atoms with Gasteiger partial charge in [0.2, 0.25) is 0 Å². The molecule has 0 spiro atoms. The highest BCUT2D eigenvalue weighted by molar-refractivity contribution is 5.96. The smallest absolute Gasteiger partial charge is 0.303 e. The van der Waals surface area contributed by atoms with Crippen LogP contribution in [0.1, 0.15) is 93.5 Å². The van der Waals surface area contributed by atoms with E-state index < -0.39 is 5.97 Å². The van der Waals surface area contributed by atoms with E-state index in [2.05, 4.69) is 19.1 Å². The Morgan fingerprint density at radius 2 is 1.38 bits per heavy atom. The summed E-state index contributed by atoms with van der Waals surface area (Å²) >= 11 is 0. The number of unbranched alkanes of at least 4 members (excludes halogenated alkanes) is 7. The lowest BCUT2D eigenvalue weighted by atomic mass is 10.0. The third-order valence-electron chi connectivity index (χ3n) is 4.39. The highest BCUT2D eigenvalue weighted by Gasteiger charge is 2.06. The van der Waals surface area contributed by atoms with Gasteiger partial charge in [-0.15, -0.1) is 0 Å². The fourth-order valence-corrected chi connectivity index (χ4v) is 2.85. The van der Waals surface area contributed by atoms with Gasteiger partial charge in [-0.3, -0.25) is 9.59 Å². The average Bonchev–Trinajstić information content (AvgIpc) is 2.58. The van der Waals surface area contributed by atoms with Crippen LogP contribution in [-0.2, 0) is 11.2 Å². The van der Waals surface area contributed by atoms with E-state index in [-0.39, 0.29) is 12.2 Å². The van der Waals surface area contributed by atoms with Crippen molar-refractivity contribution in [2.24, 2.45) is 0 Å². The number of carbonyl (C=O) groups is 2. The molecule has 1 aromatic carbocycles. The SMILES string of the molecule is CCCCCCCCc1ccc(C(=O)CCCCCC(=O)O)cc1. The summed E-state index contributed by atoms with van der Waals surface area (Å²) in [6.45, 7) is 2.24. The minimum Gasteiger partial charge on any atom is -0.481 e. The Kier molecular flexibility index (Phi) is 10.8. The van der Waals surface area contributed by atoms with E-state index in [0.717, 1.165) is 24.8 Å². The Hall–Kier alpha value is -1.64. The number of hydrogen-bond donors (Lipinski definition) is 1. The van der Waals surface area contributed by atoms with Crippen molar-refractivity contribution >= 4 is 11.8 Å². The third-order valence-corrected chi connectivity index (χ3v) is 4.39. The van der Waals surface area contributed by atoms with Crippen molar-refractivity contribution in [1.29, 1.82) is 0 Å². The zero-order valence-corrected chi connectivity index (χ0v) is 15.1. The van der Waals surface area contributed by atoms with E-state index in [0.29, 0.717) is 12.8 Å². The van der Waals surface area contributed by atoms with Crippen molar-refractivity contribution in [3.8, 4) is 0 Å². The third kappa shape index (κ3) is 9.49. The van der Waals surface area contributed by atoms with Crippen molar-refractivity contribution in [3.05, 3.63) is 35.4 Å². The molecule has 0 bridgehead atoms. The molecule has 0 amide bonds. The fraction of sp³-hybridized carbons (Fsp3) is 0.619. The second-order valence-corrected chi connectivity index (χ2v) is 6.59. The van der Waals surface area contributed by atoms with Crippen LogP contribution in [0, 0.1) is 0 Å². The summed E-state index contributed by atoms with van der Waals surface area (Å²) in [4.78, 5) is 22.5. The summed E-state index contributed by atoms with van der Waals surface area (Å²) in [5.41, 5.74) is 2.09. The molecule has 0 unspecified atom stereocenters. The summed E-state index contributed by atoms with van der Waals surface area (Å²) in [6.07, 6.45) is 11.8. The van der Waals surface area contributed by atoms with Gasteiger partial charge in [0, 0.05) is 18.4 Å². The first-order valence-electron chi connectivity index (χ1n) is 9.47. The van der Waals surface area contributed by atoms with Gasteiger partial charge in [-0.1, -0.05) is 69.7 Å². The highest BCUT2D eigenvalue weighted by Crippen LogP contribution is 2.13. The van der Waals surface area contributed by atoms with E-state index in [1.807, 2.05) is 12.1 Å². The Morgan fingerprint density at radius 1 is 0.792 bits per heavy atom. The molecule has 0 aliphatic rings. The summed E-state index contributed by atoms with van der Waals surface area (Å²) in [5.74, 6) is -0.598. The van der Waals surface area contributed by atoms with Crippen LogP contribution >= 0.6 is 0 Å². The van der Waals surface area contributed by atoms with Crippen LogP contribution in [0.5, 0.6) is 0 Å². The van der Waals surface area contributed by atoms with Gasteiger partial charge in [-0.05, 0) is 31.2 Å². The number of rotatable bonds is 14. The van der Waals surface area contributed by atoms with Gasteiger partial charge < -0.3 is 5.11 Å². The molecule has 0 radical (unpaired) electrons. The van der Waals surface area contributed by atoms with Crippen molar-refractivity contribution < 1.29 is 14.7 Å². The Morgan fingerprint density at radius 3 is 2.04 bits per heavy atom. The van der Waals surface area contributed by atoms with Crippen molar-refractivity contribution in [3.63, 3.8) is 0 Å². The van der Waals surface area contributed by atoms with Gasteiger partial charge in [0.15, 0.2) is 5.78 Å². The van der Waals surface area contributed by atoms with Crippen LogP contribution in [0.2, 0.25) is 0 Å². The first-order valence-corrected chi connectivity index (χ1v) is 9.47. The minimum absolute atomic E-state index is 0.163. The molecule has 3 nitrogen and oxygen atoms in total. The molecule has 0 atom stereocenters. The molecular weight excluding hydrogens is 300 g/mol. The summed E-state index contributed by atoms with van der Waals surface area (Å²) in [7, 11) is 0. The van der Waals surface area contributed by atoms with Crippen LogP contribution in [0.4, 0.5) is 0 Å². The monoisotopic (exact) mass is 332 g/mol. The number of hydrogen-bond acceptors (Lipinski definition) is 2. The van der Waals surface area contributed by atoms with Crippen molar-refractivity contribution in [2.75, 3.05) is 0 Å². The van der Waals surface area contributed by atoms with E-state index in [9.17, 15) is 9.59 Å². The number of carboxylic acid groups (broad SMARTS) is 1. The summed E-state index contributed by atoms with van der Waals surface area (Å²) < 4.78 is 0. The second kappa shape index (κ2) is 12.7. The molecule has 0 fully saturated rings. The number of Topliss-reactive ketones (excluding diaryl/α,β-unsaturated/α-hetero) is 1. The molecule has 3 heteroatoms. The average molecular weight is 332 g/mol. The fourth-order valence-electron chi connectivity index (χ4n) is 2.85. The standard InChI is InChI=1S/C21H32O3/c1-2-3-4-5-6-8-11-18-14-16-19(17-15-18)20(22)12-9-7-10-13-21(23)24/h14-17H,2-13H2,1H3,(H,23,24). The topological polar surface area (TPSA) is 54.4 Å². The number of ketones is 1. The number of carbonyl (C=O) groups excluding carboxylic acids is 1. The molecule has 0 heterocycles. The molecule has 0 aliphatic heterocycles. The lowest BCUT2D eigenvalue weighted by Crippen LogP contribution is -2.00. The molecule has 1 rings (SSSR count). The molecule has 0 saturated heterocycles. The van der Waals surface area contributed by atoms with Crippen LogP contribution in [0.25, 0.3) is 0 Å². The Balaban J connectivity index is 2.20. The van der Waals surface area contributed by atoms with Crippen LogP contribution in [-0.4, -0.2) is 16.9 Å². The van der Waals surface area contributed by atoms with Gasteiger partial charge in [0.1, 0.15) is 0 Å². The first kappa shape index (κ1) is 20.4. The Bertz CT molecular complexity index is 476. The van der Waals surface area contributed by atoms with Crippen LogP contribution in [0.3, 0.4) is 0 Å². The van der Waals surface area contributed by atoms with Gasteiger partial charge in [0.25, 0.3) is 0 Å². The number of carboxylic acids is 1. The number of aliphatic carboxylic acids is 1. The molecule has 0 aliphatic carbocycles. The van der Waals surface area contributed by atoms with Crippen molar-refractivity contribution in [2.45, 2.75) is 84.0 Å². The molecule has 1 N–H and O–H groups in total. The second-order valence-electron chi connectivity index (χ2n) is 6.59. The maximum absolute atomic E-state index is 12.1. The van der Waals surface area contributed by atoms with Gasteiger partial charge >= 0.3 is 5.97 Å². The Labute approximate surface area is 146 Å². The normalized spacial score (nSPS) is 10.7. The van der Waals surface area contributed by atoms with Crippen LogP contribution < -0.4 is 0 Å². The molecule has 134 valence electrons. The zero-order chi connectivity index (χ0) is 17.6. The molecule has 0 saturated carbocycles. The molecular formula is C21H32O3. The van der Waals surface area contributed by atoms with Crippen molar-refractivity contribution in [1.82, 2.24) is 0 Å². The number of aryl methyl sites for hydroxylation is 1. The largest absolute Gasteiger partial charge is 0.481 e. The van der Waals surface area contributed by atoms with Gasteiger partial charge in [0.05, 0.1) is 0 Å². The lowest BCUT2D eigenvalue weighted by Gasteiger charge is -2.05. The van der Waals surface area contributed by atoms with E-state index in [4.69, 9.17) is 5.11 Å². The number of benzene rings is 1. The summed E-state index contributed by atoms with van der Waals surface area (Å²) in [6, 6.07) is 8.02. The lowest BCUT2D eigenvalue weighted by molar-refractivity contribution is -0.137. The zero-order valence-electron chi connectivity index (χ0n) is 15.1. The van der Waals surface area contributed by atoms with E-state index >= 15 is 0 Å². The van der Waals surface area contributed by atoms with Crippen LogP contribution in [0.15, 0.2) is 24.3 Å². The highest BCUT2D eigenvalue weighted by atomic mass is 16.4. The quantitative estimate of drug-likeness (QED) is 0.345. The maximum atomic E-state index is 12.1. The van der Waals surface area contributed by atoms with Gasteiger partial charge in [-0.25, -0.2) is 0 Å². The predicted octanol–water partition coefficient (Wildman–Crippen LogP) is 5.81. The summed E-state index contributed by atoms with van der Waals surface area (Å²) in [5, 5.41) is 8.57. The van der Waals surface area contributed by atoms with E-state index in [1.54, 1.807) is 0 Å². The van der Waals surface area contributed by atoms with E-state index in [1.165, 1.54) is 44.1 Å². The minimum atomic E-state index is -0.762. The molecule has 0 aromatic heterocycles. The molecule has 1 aromatic rings. The predicted molar refractivity (Wildman–Crippen MR) is 98.6 cm³/mol. The molecule has 24 heavy (non-hydrogen) atoms. The first-order chi connectivity index (χ1) is 11.6. The maximum Gasteiger partial charge on any atom is 0.303 e. The van der Waals surface area contributed by atoms with Gasteiger partial charge in [-0.2, -0.15) is 0 Å².